The molecule has 18 heavy (non-hydrogen) atoms. The molecule has 0 aromatic heterocycles. The van der Waals surface area contributed by atoms with Crippen LogP contribution >= 0.6 is 0 Å². The molecule has 0 saturated heterocycles. The van der Waals surface area contributed by atoms with Gasteiger partial charge in [0.2, 0.25) is 0 Å². The fourth-order valence-corrected chi connectivity index (χ4v) is 2.76. The van der Waals surface area contributed by atoms with Crippen LogP contribution in [0.15, 0.2) is 9.98 Å². The van der Waals surface area contributed by atoms with Gasteiger partial charge >= 0.3 is 0 Å². The van der Waals surface area contributed by atoms with E-state index in [2.05, 4.69) is 31.3 Å². The molecule has 3 rings (SSSR count). The second kappa shape index (κ2) is 5.46. The van der Waals surface area contributed by atoms with Crippen molar-refractivity contribution in [3.8, 4) is 0 Å². The first-order chi connectivity index (χ1) is 8.90. The van der Waals surface area contributed by atoms with Crippen LogP contribution in [0.1, 0.15) is 25.7 Å². The first-order valence-corrected chi connectivity index (χ1v) is 7.00. The third kappa shape index (κ3) is 2.86. The lowest BCUT2D eigenvalue weighted by Gasteiger charge is -2.30. The number of rotatable bonds is 2. The van der Waals surface area contributed by atoms with Crippen LogP contribution in [0.3, 0.4) is 0 Å². The van der Waals surface area contributed by atoms with Crippen LogP contribution in [-0.4, -0.2) is 50.2 Å². The van der Waals surface area contributed by atoms with Gasteiger partial charge in [0.1, 0.15) is 0 Å². The van der Waals surface area contributed by atoms with Gasteiger partial charge in [0, 0.05) is 25.2 Å². The van der Waals surface area contributed by atoms with E-state index < -0.39 is 0 Å². The van der Waals surface area contributed by atoms with Crippen molar-refractivity contribution in [3.63, 3.8) is 0 Å². The zero-order chi connectivity index (χ0) is 12.2. The summed E-state index contributed by atoms with van der Waals surface area (Å²) in [5.41, 5.74) is 0. The number of nitrogens with one attached hydrogen (secondary N) is 4. The van der Waals surface area contributed by atoms with E-state index in [-0.39, 0.29) is 0 Å². The molecule has 1 fully saturated rings. The van der Waals surface area contributed by atoms with Crippen LogP contribution in [0.5, 0.6) is 0 Å². The smallest absolute Gasteiger partial charge is 0.191 e. The van der Waals surface area contributed by atoms with Crippen molar-refractivity contribution in [1.29, 1.82) is 0 Å². The average molecular weight is 250 g/mol. The van der Waals surface area contributed by atoms with Gasteiger partial charge in [-0.05, 0) is 25.7 Å². The summed E-state index contributed by atoms with van der Waals surface area (Å²) in [4.78, 5) is 8.76. The van der Waals surface area contributed by atoms with Crippen LogP contribution in [0.4, 0.5) is 0 Å². The monoisotopic (exact) mass is 250 g/mol. The van der Waals surface area contributed by atoms with Crippen LogP contribution in [0, 0.1) is 0 Å². The molecule has 3 aliphatic rings. The molecule has 0 spiro atoms. The normalized spacial score (nSPS) is 31.1. The number of guanidine groups is 2. The Bertz CT molecular complexity index is 308. The highest BCUT2D eigenvalue weighted by Gasteiger charge is 2.23. The Labute approximate surface area is 108 Å². The summed E-state index contributed by atoms with van der Waals surface area (Å²) in [6, 6.07) is 1.15. The van der Waals surface area contributed by atoms with Gasteiger partial charge < -0.3 is 21.3 Å². The Morgan fingerprint density at radius 3 is 1.56 bits per heavy atom. The summed E-state index contributed by atoms with van der Waals surface area (Å²) >= 11 is 0. The van der Waals surface area contributed by atoms with E-state index in [1.165, 1.54) is 25.7 Å². The zero-order valence-electron chi connectivity index (χ0n) is 10.7. The quantitative estimate of drug-likeness (QED) is 0.528. The van der Waals surface area contributed by atoms with Gasteiger partial charge in [-0.25, -0.2) is 0 Å². The van der Waals surface area contributed by atoms with Gasteiger partial charge in [0.05, 0.1) is 13.1 Å². The molecule has 0 atom stereocenters. The molecule has 0 unspecified atom stereocenters. The van der Waals surface area contributed by atoms with Crippen molar-refractivity contribution >= 4 is 11.9 Å². The van der Waals surface area contributed by atoms with E-state index in [1.54, 1.807) is 0 Å². The van der Waals surface area contributed by atoms with Crippen LogP contribution < -0.4 is 21.3 Å². The Morgan fingerprint density at radius 2 is 1.22 bits per heavy atom. The maximum absolute atomic E-state index is 4.38. The van der Waals surface area contributed by atoms with E-state index in [4.69, 9.17) is 0 Å². The summed E-state index contributed by atoms with van der Waals surface area (Å²) in [6.45, 7) is 3.77. The molecule has 2 heterocycles. The van der Waals surface area contributed by atoms with Crippen LogP contribution in [0.25, 0.3) is 0 Å². The molecule has 0 amide bonds. The van der Waals surface area contributed by atoms with Crippen molar-refractivity contribution in [2.45, 2.75) is 37.8 Å². The molecular weight excluding hydrogens is 228 g/mol. The minimum absolute atomic E-state index is 0.575. The lowest BCUT2D eigenvalue weighted by Crippen LogP contribution is -2.47. The third-order valence-corrected chi connectivity index (χ3v) is 3.76. The minimum Gasteiger partial charge on any atom is -0.355 e. The third-order valence-electron chi connectivity index (χ3n) is 3.76. The van der Waals surface area contributed by atoms with E-state index in [0.717, 1.165) is 38.1 Å². The molecule has 4 N–H and O–H groups in total. The Balaban J connectivity index is 1.40. The van der Waals surface area contributed by atoms with Crippen molar-refractivity contribution < 1.29 is 0 Å². The number of hydrogen-bond donors (Lipinski definition) is 4. The minimum atomic E-state index is 0.575. The maximum Gasteiger partial charge on any atom is 0.191 e. The van der Waals surface area contributed by atoms with E-state index in [1.807, 2.05) is 0 Å². The molecule has 1 saturated carbocycles. The Morgan fingerprint density at radius 1 is 0.778 bits per heavy atom. The number of nitrogens with zero attached hydrogens (tertiary/aromatic N) is 2. The fraction of sp³-hybridized carbons (Fsp3) is 0.833. The number of hydrogen-bond acceptors (Lipinski definition) is 6. The molecule has 100 valence electrons. The molecule has 2 aliphatic heterocycles. The molecule has 6 heteroatoms. The highest BCUT2D eigenvalue weighted by Crippen LogP contribution is 2.18. The van der Waals surface area contributed by atoms with Gasteiger partial charge in [-0.1, -0.05) is 0 Å². The zero-order valence-corrected chi connectivity index (χ0v) is 10.7. The van der Waals surface area contributed by atoms with E-state index in [0.29, 0.717) is 12.1 Å². The summed E-state index contributed by atoms with van der Waals surface area (Å²) in [5, 5.41) is 13.5. The van der Waals surface area contributed by atoms with E-state index >= 15 is 0 Å². The molecule has 0 aromatic rings. The van der Waals surface area contributed by atoms with Crippen LogP contribution in [0.2, 0.25) is 0 Å². The van der Waals surface area contributed by atoms with Crippen LogP contribution in [-0.2, 0) is 0 Å². The molecule has 6 nitrogen and oxygen atoms in total. The molecule has 1 aliphatic carbocycles. The maximum atomic E-state index is 4.38. The van der Waals surface area contributed by atoms with Gasteiger partial charge in [0.15, 0.2) is 11.9 Å². The molecular formula is C12H22N6. The van der Waals surface area contributed by atoms with Gasteiger partial charge in [-0.3, -0.25) is 9.98 Å². The van der Waals surface area contributed by atoms with Gasteiger partial charge in [-0.2, -0.15) is 0 Å². The van der Waals surface area contributed by atoms with E-state index in [9.17, 15) is 0 Å². The highest BCUT2D eigenvalue weighted by molar-refractivity contribution is 5.82. The standard InChI is InChI=1S/C12H22N6/c1-2-10(18-12-15-7-8-16-12)4-3-9(1)17-11-13-5-6-14-11/h9-10H,1-8H2,(H2,13,14,17)(H2,15,16,18). The second-order valence-corrected chi connectivity index (χ2v) is 5.15. The largest absolute Gasteiger partial charge is 0.355 e. The Hall–Kier alpha value is -1.46. The highest BCUT2D eigenvalue weighted by atomic mass is 15.2. The predicted molar refractivity (Wildman–Crippen MR) is 72.9 cm³/mol. The molecule has 0 bridgehead atoms. The predicted octanol–water partition coefficient (Wildman–Crippen LogP) is -0.605. The van der Waals surface area contributed by atoms with Crippen molar-refractivity contribution in [2.75, 3.05) is 26.2 Å². The molecule has 0 aromatic carbocycles. The van der Waals surface area contributed by atoms with Crippen molar-refractivity contribution in [1.82, 2.24) is 21.3 Å². The lowest BCUT2D eigenvalue weighted by atomic mass is 9.91. The summed E-state index contributed by atoms with van der Waals surface area (Å²) in [7, 11) is 0. The molecule has 0 radical (unpaired) electrons. The van der Waals surface area contributed by atoms with Gasteiger partial charge in [0.25, 0.3) is 0 Å². The van der Waals surface area contributed by atoms with Gasteiger partial charge in [-0.15, -0.1) is 0 Å². The lowest BCUT2D eigenvalue weighted by molar-refractivity contribution is 0.352. The second-order valence-electron chi connectivity index (χ2n) is 5.15. The average Bonchev–Trinajstić information content (AvgIpc) is 3.05. The number of aliphatic imine (C=N–C) groups is 2. The Kier molecular flexibility index (Phi) is 3.52. The van der Waals surface area contributed by atoms with Crippen molar-refractivity contribution in [3.05, 3.63) is 0 Å². The van der Waals surface area contributed by atoms with Crippen molar-refractivity contribution in [2.24, 2.45) is 9.98 Å². The SMILES string of the molecule is C1CNC(NC2CCC(NC3=NCCN3)CC2)=N1. The fourth-order valence-electron chi connectivity index (χ4n) is 2.76. The summed E-state index contributed by atoms with van der Waals surface area (Å²) in [6.07, 6.45) is 4.80. The first kappa shape index (κ1) is 11.6. The first-order valence-electron chi connectivity index (χ1n) is 7.00. The summed E-state index contributed by atoms with van der Waals surface area (Å²) < 4.78 is 0. The topological polar surface area (TPSA) is 72.8 Å². The summed E-state index contributed by atoms with van der Waals surface area (Å²) in [5.74, 6) is 1.99.